The summed E-state index contributed by atoms with van der Waals surface area (Å²) in [5.41, 5.74) is 0.129. The highest BCUT2D eigenvalue weighted by Crippen LogP contribution is 2.26. The topological polar surface area (TPSA) is 79.0 Å². The number of halogens is 2. The van der Waals surface area contributed by atoms with Crippen LogP contribution in [0.4, 0.5) is 21.5 Å². The van der Waals surface area contributed by atoms with E-state index in [-0.39, 0.29) is 22.0 Å². The molecular formula is C13H7ClFN3O2. The predicted molar refractivity (Wildman–Crippen MR) is 72.5 cm³/mol. The molecule has 0 amide bonds. The summed E-state index contributed by atoms with van der Waals surface area (Å²) in [6, 6.07) is 9.68. The first-order chi connectivity index (χ1) is 9.51. The van der Waals surface area contributed by atoms with Crippen LogP contribution in [0, 0.1) is 27.3 Å². The number of nitro benzene ring substituents is 1. The smallest absolute Gasteiger partial charge is 0.287 e. The molecule has 0 aliphatic heterocycles. The van der Waals surface area contributed by atoms with E-state index in [4.69, 9.17) is 16.9 Å². The highest BCUT2D eigenvalue weighted by Gasteiger charge is 2.14. The zero-order chi connectivity index (χ0) is 14.7. The maximum atomic E-state index is 13.6. The molecule has 2 aromatic carbocycles. The summed E-state index contributed by atoms with van der Waals surface area (Å²) >= 11 is 5.64. The van der Waals surface area contributed by atoms with Gasteiger partial charge in [-0.3, -0.25) is 10.1 Å². The molecule has 100 valence electrons. The van der Waals surface area contributed by atoms with Crippen molar-refractivity contribution in [3.63, 3.8) is 0 Å². The summed E-state index contributed by atoms with van der Waals surface area (Å²) in [6.45, 7) is 0. The summed E-state index contributed by atoms with van der Waals surface area (Å²) < 4.78 is 13.6. The van der Waals surface area contributed by atoms with Crippen molar-refractivity contribution in [1.29, 1.82) is 5.26 Å². The highest BCUT2D eigenvalue weighted by atomic mass is 35.5. The van der Waals surface area contributed by atoms with Crippen molar-refractivity contribution in [1.82, 2.24) is 0 Å². The second-order valence-corrected chi connectivity index (χ2v) is 4.29. The molecule has 0 aliphatic carbocycles. The minimum Gasteiger partial charge on any atom is -0.353 e. The second-order valence-electron chi connectivity index (χ2n) is 3.85. The maximum absolute atomic E-state index is 13.6. The summed E-state index contributed by atoms with van der Waals surface area (Å²) in [6.07, 6.45) is 0. The van der Waals surface area contributed by atoms with Gasteiger partial charge >= 0.3 is 0 Å². The molecule has 0 fully saturated rings. The molecule has 5 nitrogen and oxygen atoms in total. The van der Waals surface area contributed by atoms with Crippen LogP contribution in [0.3, 0.4) is 0 Å². The van der Waals surface area contributed by atoms with Crippen LogP contribution in [0.1, 0.15) is 5.56 Å². The van der Waals surface area contributed by atoms with Gasteiger partial charge in [0.2, 0.25) is 0 Å². The number of nitro groups is 1. The van der Waals surface area contributed by atoms with E-state index in [2.05, 4.69) is 5.32 Å². The lowest BCUT2D eigenvalue weighted by atomic mass is 10.1. The molecule has 20 heavy (non-hydrogen) atoms. The van der Waals surface area contributed by atoms with Crippen molar-refractivity contribution in [2.24, 2.45) is 0 Å². The first-order valence-electron chi connectivity index (χ1n) is 5.42. The summed E-state index contributed by atoms with van der Waals surface area (Å²) in [5, 5.41) is 22.6. The number of hydrogen-bond donors (Lipinski definition) is 1. The number of nitrogens with one attached hydrogen (secondary N) is 1. The van der Waals surface area contributed by atoms with Crippen LogP contribution in [0.2, 0.25) is 5.02 Å². The Morgan fingerprint density at radius 2 is 2.05 bits per heavy atom. The van der Waals surface area contributed by atoms with Gasteiger partial charge in [0.25, 0.3) is 5.69 Å². The van der Waals surface area contributed by atoms with Crippen LogP contribution in [-0.4, -0.2) is 4.92 Å². The molecule has 0 bridgehead atoms. The largest absolute Gasteiger partial charge is 0.353 e. The van der Waals surface area contributed by atoms with E-state index < -0.39 is 10.7 Å². The molecule has 0 radical (unpaired) electrons. The molecular weight excluding hydrogens is 285 g/mol. The number of benzene rings is 2. The number of rotatable bonds is 3. The molecule has 0 unspecified atom stereocenters. The van der Waals surface area contributed by atoms with Gasteiger partial charge in [0.05, 0.1) is 10.6 Å². The van der Waals surface area contributed by atoms with E-state index in [0.717, 1.165) is 6.07 Å². The van der Waals surface area contributed by atoms with Crippen LogP contribution in [0.25, 0.3) is 0 Å². The average molecular weight is 292 g/mol. The Bertz CT molecular complexity index is 728. The summed E-state index contributed by atoms with van der Waals surface area (Å²) in [5.74, 6) is -0.561. The van der Waals surface area contributed by atoms with Crippen molar-refractivity contribution in [2.75, 3.05) is 5.32 Å². The van der Waals surface area contributed by atoms with Gasteiger partial charge in [-0.05, 0) is 30.3 Å². The fraction of sp³-hybridized carbons (Fsp3) is 0. The normalized spacial score (nSPS) is 9.85. The van der Waals surface area contributed by atoms with Crippen LogP contribution in [0.15, 0.2) is 36.4 Å². The van der Waals surface area contributed by atoms with Gasteiger partial charge in [0.1, 0.15) is 17.4 Å². The first-order valence-corrected chi connectivity index (χ1v) is 5.79. The fourth-order valence-corrected chi connectivity index (χ4v) is 1.77. The molecule has 0 heterocycles. The Morgan fingerprint density at radius 1 is 1.30 bits per heavy atom. The van der Waals surface area contributed by atoms with E-state index in [9.17, 15) is 14.5 Å². The third-order valence-electron chi connectivity index (χ3n) is 2.52. The lowest BCUT2D eigenvalue weighted by Crippen LogP contribution is -1.97. The van der Waals surface area contributed by atoms with E-state index in [0.29, 0.717) is 5.69 Å². The molecule has 0 saturated heterocycles. The van der Waals surface area contributed by atoms with Crippen molar-refractivity contribution < 1.29 is 9.31 Å². The maximum Gasteiger partial charge on any atom is 0.287 e. The summed E-state index contributed by atoms with van der Waals surface area (Å²) in [7, 11) is 0. The van der Waals surface area contributed by atoms with Crippen molar-refractivity contribution >= 4 is 28.7 Å². The minimum absolute atomic E-state index is 0.102. The summed E-state index contributed by atoms with van der Waals surface area (Å²) in [4.78, 5) is 10.1. The first kappa shape index (κ1) is 13.8. The third-order valence-corrected chi connectivity index (χ3v) is 2.76. The zero-order valence-corrected chi connectivity index (χ0v) is 10.7. The van der Waals surface area contributed by atoms with Crippen molar-refractivity contribution in [3.05, 3.63) is 62.9 Å². The zero-order valence-electron chi connectivity index (χ0n) is 9.93. The number of nitriles is 1. The van der Waals surface area contributed by atoms with Gasteiger partial charge in [-0.15, -0.1) is 0 Å². The van der Waals surface area contributed by atoms with Crippen LogP contribution >= 0.6 is 11.6 Å². The monoisotopic (exact) mass is 291 g/mol. The molecule has 1 N–H and O–H groups in total. The van der Waals surface area contributed by atoms with Crippen LogP contribution < -0.4 is 5.32 Å². The van der Waals surface area contributed by atoms with Crippen molar-refractivity contribution in [3.8, 4) is 6.07 Å². The Hall–Kier alpha value is -2.65. The van der Waals surface area contributed by atoms with Gasteiger partial charge in [-0.2, -0.15) is 5.26 Å². The standard InChI is InChI=1S/C13H7ClFN3O2/c14-9-1-3-12(11(15)6-9)17-10-2-4-13(18(19)20)8(5-10)7-16/h1-6,17H. The quantitative estimate of drug-likeness (QED) is 0.684. The van der Waals surface area contributed by atoms with E-state index in [1.807, 2.05) is 0 Å². The Morgan fingerprint density at radius 3 is 2.65 bits per heavy atom. The van der Waals surface area contributed by atoms with Crippen LogP contribution in [-0.2, 0) is 0 Å². The Kier molecular flexibility index (Phi) is 3.82. The van der Waals surface area contributed by atoms with E-state index in [1.165, 1.54) is 30.3 Å². The predicted octanol–water partition coefficient (Wildman–Crippen LogP) is 4.00. The molecule has 7 heteroatoms. The fourth-order valence-electron chi connectivity index (χ4n) is 1.61. The highest BCUT2D eigenvalue weighted by molar-refractivity contribution is 6.30. The molecule has 0 saturated carbocycles. The molecule has 2 aromatic rings. The van der Waals surface area contributed by atoms with E-state index >= 15 is 0 Å². The van der Waals surface area contributed by atoms with Gasteiger partial charge < -0.3 is 5.32 Å². The molecule has 0 aromatic heterocycles. The Labute approximate surface area is 118 Å². The van der Waals surface area contributed by atoms with E-state index in [1.54, 1.807) is 6.07 Å². The number of anilines is 2. The third kappa shape index (κ3) is 2.84. The van der Waals surface area contributed by atoms with Gasteiger partial charge in [0.15, 0.2) is 0 Å². The van der Waals surface area contributed by atoms with Crippen LogP contribution in [0.5, 0.6) is 0 Å². The molecule has 0 aliphatic rings. The molecule has 2 rings (SSSR count). The lowest BCUT2D eigenvalue weighted by Gasteiger charge is -2.08. The van der Waals surface area contributed by atoms with Gasteiger partial charge in [-0.25, -0.2) is 4.39 Å². The van der Waals surface area contributed by atoms with Gasteiger partial charge in [-0.1, -0.05) is 11.6 Å². The van der Waals surface area contributed by atoms with Crippen molar-refractivity contribution in [2.45, 2.75) is 0 Å². The average Bonchev–Trinajstić information content (AvgIpc) is 2.41. The number of hydrogen-bond acceptors (Lipinski definition) is 4. The minimum atomic E-state index is -0.648. The molecule has 0 atom stereocenters. The lowest BCUT2D eigenvalue weighted by molar-refractivity contribution is -0.385. The molecule has 0 spiro atoms. The number of nitrogens with zero attached hydrogens (tertiary/aromatic N) is 2. The second kappa shape index (κ2) is 5.55. The SMILES string of the molecule is N#Cc1cc(Nc2ccc(Cl)cc2F)ccc1[N+](=O)[O-]. The Balaban J connectivity index is 2.35. The van der Waals surface area contributed by atoms with Gasteiger partial charge in [0, 0.05) is 16.8 Å².